The summed E-state index contributed by atoms with van der Waals surface area (Å²) >= 11 is 3.38. The van der Waals surface area contributed by atoms with Crippen molar-refractivity contribution in [1.29, 1.82) is 0 Å². The molecular weight excluding hydrogens is 366 g/mol. The van der Waals surface area contributed by atoms with Gasteiger partial charge in [-0.15, -0.1) is 0 Å². The Balaban J connectivity index is 1.81. The zero-order chi connectivity index (χ0) is 17.3. The first-order valence-corrected chi connectivity index (χ1v) is 8.68. The van der Waals surface area contributed by atoms with Gasteiger partial charge >= 0.3 is 0 Å². The minimum atomic E-state index is -0.0545. The summed E-state index contributed by atoms with van der Waals surface area (Å²) < 4.78 is 6.58. The molecule has 0 radical (unpaired) electrons. The lowest BCUT2D eigenvalue weighted by atomic mass is 9.86. The number of fused-ring (bicyclic) bond motifs is 1. The van der Waals surface area contributed by atoms with E-state index in [2.05, 4.69) is 54.2 Å². The summed E-state index contributed by atoms with van der Waals surface area (Å²) in [6, 6.07) is 13.7. The van der Waals surface area contributed by atoms with E-state index in [-0.39, 0.29) is 17.7 Å². The van der Waals surface area contributed by atoms with Gasteiger partial charge in [-0.05, 0) is 47.4 Å². The van der Waals surface area contributed by atoms with Crippen LogP contribution in [-0.2, 0) is 16.6 Å². The van der Waals surface area contributed by atoms with Crippen LogP contribution in [0.4, 0.5) is 5.69 Å². The van der Waals surface area contributed by atoms with Crippen LogP contribution in [0.5, 0.6) is 0 Å². The lowest BCUT2D eigenvalue weighted by Crippen LogP contribution is -2.14. The van der Waals surface area contributed by atoms with Crippen LogP contribution in [0.25, 0.3) is 11.0 Å². The van der Waals surface area contributed by atoms with Crippen molar-refractivity contribution < 1.29 is 9.21 Å². The average Bonchev–Trinajstić information content (AvgIpc) is 2.91. The van der Waals surface area contributed by atoms with Gasteiger partial charge in [-0.2, -0.15) is 0 Å². The van der Waals surface area contributed by atoms with Crippen LogP contribution < -0.4 is 5.32 Å². The first-order chi connectivity index (χ1) is 11.3. The largest absolute Gasteiger partial charge is 0.464 e. The smallest absolute Gasteiger partial charge is 0.228 e. The monoisotopic (exact) mass is 385 g/mol. The second-order valence-electron chi connectivity index (χ2n) is 6.95. The molecule has 2 aromatic carbocycles. The number of anilines is 1. The van der Waals surface area contributed by atoms with Crippen molar-refractivity contribution in [1.82, 2.24) is 0 Å². The van der Waals surface area contributed by atoms with Gasteiger partial charge in [0.2, 0.25) is 5.91 Å². The van der Waals surface area contributed by atoms with E-state index in [1.54, 1.807) is 6.26 Å². The van der Waals surface area contributed by atoms with Crippen molar-refractivity contribution >= 4 is 38.5 Å². The van der Waals surface area contributed by atoms with Gasteiger partial charge in [-0.3, -0.25) is 4.79 Å². The van der Waals surface area contributed by atoms with E-state index in [9.17, 15) is 4.79 Å². The van der Waals surface area contributed by atoms with E-state index < -0.39 is 0 Å². The summed E-state index contributed by atoms with van der Waals surface area (Å²) in [5.41, 5.74) is 3.79. The van der Waals surface area contributed by atoms with Crippen LogP contribution in [0.15, 0.2) is 57.6 Å². The number of furan rings is 1. The zero-order valence-electron chi connectivity index (χ0n) is 14.0. The number of halogens is 1. The Morgan fingerprint density at radius 2 is 1.83 bits per heavy atom. The highest BCUT2D eigenvalue weighted by Crippen LogP contribution is 2.29. The Morgan fingerprint density at radius 1 is 1.12 bits per heavy atom. The van der Waals surface area contributed by atoms with E-state index in [0.717, 1.165) is 26.7 Å². The SMILES string of the molecule is CC(C)(C)c1ccc2occ(CC(=O)Nc3ccc(Br)cc3)c2c1. The van der Waals surface area contributed by atoms with Crippen LogP contribution in [0.2, 0.25) is 0 Å². The van der Waals surface area contributed by atoms with Crippen molar-refractivity contribution in [3.8, 4) is 0 Å². The summed E-state index contributed by atoms with van der Waals surface area (Å²) in [5, 5.41) is 3.92. The van der Waals surface area contributed by atoms with Gasteiger partial charge < -0.3 is 9.73 Å². The maximum atomic E-state index is 12.3. The fraction of sp³-hybridized carbons (Fsp3) is 0.250. The van der Waals surface area contributed by atoms with E-state index in [1.165, 1.54) is 5.56 Å². The maximum Gasteiger partial charge on any atom is 0.228 e. The normalized spacial score (nSPS) is 11.7. The number of hydrogen-bond acceptors (Lipinski definition) is 2. The molecule has 1 N–H and O–H groups in total. The van der Waals surface area contributed by atoms with E-state index in [4.69, 9.17) is 4.42 Å². The molecule has 1 amide bonds. The van der Waals surface area contributed by atoms with Gasteiger partial charge in [0.05, 0.1) is 12.7 Å². The topological polar surface area (TPSA) is 42.2 Å². The number of amides is 1. The Kier molecular flexibility index (Phi) is 4.50. The second-order valence-corrected chi connectivity index (χ2v) is 7.87. The molecular formula is C20H20BrNO2. The summed E-state index contributed by atoms with van der Waals surface area (Å²) in [6.07, 6.45) is 1.97. The van der Waals surface area contributed by atoms with Gasteiger partial charge in [0.1, 0.15) is 5.58 Å². The van der Waals surface area contributed by atoms with Gasteiger partial charge in [0.15, 0.2) is 0 Å². The number of carbonyl (C=O) groups is 1. The van der Waals surface area contributed by atoms with E-state index >= 15 is 0 Å². The highest BCUT2D eigenvalue weighted by atomic mass is 79.9. The third kappa shape index (κ3) is 3.70. The van der Waals surface area contributed by atoms with Gasteiger partial charge in [0, 0.05) is 21.1 Å². The molecule has 0 aliphatic carbocycles. The third-order valence-electron chi connectivity index (χ3n) is 4.00. The molecule has 0 saturated carbocycles. The lowest BCUT2D eigenvalue weighted by molar-refractivity contribution is -0.115. The molecule has 0 fully saturated rings. The minimum absolute atomic E-state index is 0.0545. The molecule has 1 heterocycles. The predicted octanol–water partition coefficient (Wildman–Crippen LogP) is 5.67. The van der Waals surface area contributed by atoms with Crippen molar-refractivity contribution in [2.75, 3.05) is 5.32 Å². The third-order valence-corrected chi connectivity index (χ3v) is 4.53. The molecule has 124 valence electrons. The molecule has 1 aromatic heterocycles. The highest BCUT2D eigenvalue weighted by Gasteiger charge is 2.17. The zero-order valence-corrected chi connectivity index (χ0v) is 15.6. The number of rotatable bonds is 3. The molecule has 24 heavy (non-hydrogen) atoms. The summed E-state index contributed by atoms with van der Waals surface area (Å²) in [6.45, 7) is 6.52. The molecule has 0 atom stereocenters. The first kappa shape index (κ1) is 16.8. The maximum absolute atomic E-state index is 12.3. The second kappa shape index (κ2) is 6.44. The van der Waals surface area contributed by atoms with Crippen LogP contribution >= 0.6 is 15.9 Å². The fourth-order valence-electron chi connectivity index (χ4n) is 2.60. The molecule has 0 spiro atoms. The summed E-state index contributed by atoms with van der Waals surface area (Å²) in [7, 11) is 0. The van der Waals surface area contributed by atoms with E-state index in [1.807, 2.05) is 30.3 Å². The van der Waals surface area contributed by atoms with Gasteiger partial charge in [-0.1, -0.05) is 42.8 Å². The molecule has 0 saturated heterocycles. The van der Waals surface area contributed by atoms with Gasteiger partial charge in [0.25, 0.3) is 0 Å². The summed E-state index contributed by atoms with van der Waals surface area (Å²) in [4.78, 5) is 12.3. The number of carbonyl (C=O) groups excluding carboxylic acids is 1. The standard InChI is InChI=1S/C20H20BrNO2/c1-20(2,3)14-4-9-18-17(11-14)13(12-24-18)10-19(23)22-16-7-5-15(21)6-8-16/h4-9,11-12H,10H2,1-3H3,(H,22,23). The molecule has 0 unspecified atom stereocenters. The molecule has 3 aromatic rings. The Hall–Kier alpha value is -2.07. The molecule has 3 nitrogen and oxygen atoms in total. The molecule has 4 heteroatoms. The van der Waals surface area contributed by atoms with Crippen molar-refractivity contribution in [3.63, 3.8) is 0 Å². The van der Waals surface area contributed by atoms with Crippen molar-refractivity contribution in [2.24, 2.45) is 0 Å². The van der Waals surface area contributed by atoms with Crippen molar-refractivity contribution in [3.05, 3.63) is 64.3 Å². The molecule has 0 bridgehead atoms. The van der Waals surface area contributed by atoms with Crippen LogP contribution in [0, 0.1) is 0 Å². The number of hydrogen-bond donors (Lipinski definition) is 1. The average molecular weight is 386 g/mol. The molecule has 0 aliphatic heterocycles. The highest BCUT2D eigenvalue weighted by molar-refractivity contribution is 9.10. The van der Waals surface area contributed by atoms with Crippen LogP contribution in [0.1, 0.15) is 31.9 Å². The van der Waals surface area contributed by atoms with Crippen molar-refractivity contribution in [2.45, 2.75) is 32.6 Å². The van der Waals surface area contributed by atoms with E-state index in [0.29, 0.717) is 0 Å². The summed E-state index contributed by atoms with van der Waals surface area (Å²) in [5.74, 6) is -0.0545. The number of nitrogens with one attached hydrogen (secondary N) is 1. The Bertz CT molecular complexity index is 873. The molecule has 0 aliphatic rings. The predicted molar refractivity (Wildman–Crippen MR) is 101 cm³/mol. The fourth-order valence-corrected chi connectivity index (χ4v) is 2.86. The van der Waals surface area contributed by atoms with Crippen LogP contribution in [-0.4, -0.2) is 5.91 Å². The Labute approximate surface area is 150 Å². The lowest BCUT2D eigenvalue weighted by Gasteiger charge is -2.18. The minimum Gasteiger partial charge on any atom is -0.464 e. The quantitative estimate of drug-likeness (QED) is 0.630. The van der Waals surface area contributed by atoms with Gasteiger partial charge in [-0.25, -0.2) is 0 Å². The first-order valence-electron chi connectivity index (χ1n) is 7.89. The van der Waals surface area contributed by atoms with Crippen LogP contribution in [0.3, 0.4) is 0 Å². The number of benzene rings is 2. The molecule has 3 rings (SSSR count). The Morgan fingerprint density at radius 3 is 2.50 bits per heavy atom.